The van der Waals surface area contributed by atoms with E-state index in [1.807, 2.05) is 6.07 Å². The van der Waals surface area contributed by atoms with E-state index in [-0.39, 0.29) is 16.0 Å². The molecule has 1 aromatic rings. The summed E-state index contributed by atoms with van der Waals surface area (Å²) in [6, 6.07) is 3.53. The van der Waals surface area contributed by atoms with Crippen LogP contribution in [0.4, 0.5) is 5.69 Å². The third kappa shape index (κ3) is 2.93. The van der Waals surface area contributed by atoms with Gasteiger partial charge in [-0.25, -0.2) is 0 Å². The molecule has 0 saturated heterocycles. The number of fused-ring (bicyclic) bond motifs is 1. The van der Waals surface area contributed by atoms with E-state index in [2.05, 4.69) is 13.8 Å². The van der Waals surface area contributed by atoms with Crippen molar-refractivity contribution in [2.45, 2.75) is 38.5 Å². The number of nitro groups is 1. The summed E-state index contributed by atoms with van der Waals surface area (Å²) >= 11 is 0. The predicted octanol–water partition coefficient (Wildman–Crippen LogP) is 3.23. The van der Waals surface area contributed by atoms with Gasteiger partial charge < -0.3 is 9.47 Å². The maximum Gasteiger partial charge on any atom is 0.311 e. The molecule has 5 nitrogen and oxygen atoms in total. The van der Waals surface area contributed by atoms with Crippen LogP contribution in [0.3, 0.4) is 0 Å². The Labute approximate surface area is 119 Å². The Balaban J connectivity index is 2.26. The Hall–Kier alpha value is -1.62. The zero-order valence-electron chi connectivity index (χ0n) is 12.3. The smallest absolute Gasteiger partial charge is 0.311 e. The summed E-state index contributed by atoms with van der Waals surface area (Å²) in [5, 5.41) is 11.2. The zero-order valence-corrected chi connectivity index (χ0v) is 12.3. The second kappa shape index (κ2) is 5.79. The topological polar surface area (TPSA) is 61.6 Å². The highest BCUT2D eigenvalue weighted by atomic mass is 16.6. The number of ether oxygens (including phenoxy) is 2. The summed E-state index contributed by atoms with van der Waals surface area (Å²) in [7, 11) is 1.62. The largest absolute Gasteiger partial charge is 0.487 e. The fourth-order valence-corrected chi connectivity index (χ4v) is 2.67. The first-order valence-corrected chi connectivity index (χ1v) is 6.89. The van der Waals surface area contributed by atoms with Crippen LogP contribution in [-0.4, -0.2) is 25.2 Å². The third-order valence-corrected chi connectivity index (χ3v) is 3.88. The van der Waals surface area contributed by atoms with Crippen LogP contribution < -0.4 is 4.74 Å². The van der Waals surface area contributed by atoms with Gasteiger partial charge in [0, 0.05) is 26.2 Å². The van der Waals surface area contributed by atoms with Crippen molar-refractivity contribution in [2.24, 2.45) is 0 Å². The Morgan fingerprint density at radius 3 is 2.75 bits per heavy atom. The quantitative estimate of drug-likeness (QED) is 0.455. The van der Waals surface area contributed by atoms with Gasteiger partial charge in [-0.3, -0.25) is 10.1 Å². The summed E-state index contributed by atoms with van der Waals surface area (Å²) in [5.74, 6) is 0.377. The lowest BCUT2D eigenvalue weighted by molar-refractivity contribution is -0.386. The van der Waals surface area contributed by atoms with Crippen LogP contribution in [0.2, 0.25) is 0 Å². The molecule has 0 spiro atoms. The first-order valence-electron chi connectivity index (χ1n) is 6.89. The number of nitrogens with zero attached hydrogens (tertiary/aromatic N) is 1. The molecule has 0 unspecified atom stereocenters. The second-order valence-corrected chi connectivity index (χ2v) is 5.81. The van der Waals surface area contributed by atoms with E-state index in [4.69, 9.17) is 9.47 Å². The average Bonchev–Trinajstić information content (AvgIpc) is 2.69. The van der Waals surface area contributed by atoms with Crippen LogP contribution in [0, 0.1) is 10.1 Å². The summed E-state index contributed by atoms with van der Waals surface area (Å²) < 4.78 is 10.5. The van der Waals surface area contributed by atoms with Crippen molar-refractivity contribution in [1.29, 1.82) is 0 Å². The highest BCUT2D eigenvalue weighted by molar-refractivity contribution is 5.55. The molecule has 2 rings (SSSR count). The lowest BCUT2D eigenvalue weighted by Gasteiger charge is -2.19. The van der Waals surface area contributed by atoms with Gasteiger partial charge in [0.15, 0.2) is 5.75 Å². The molecule has 0 saturated carbocycles. The predicted molar refractivity (Wildman–Crippen MR) is 76.4 cm³/mol. The molecule has 0 bridgehead atoms. The molecule has 1 aliphatic carbocycles. The number of aryl methyl sites for hydroxylation is 1. The van der Waals surface area contributed by atoms with E-state index in [0.717, 1.165) is 24.8 Å². The molecule has 0 radical (unpaired) electrons. The van der Waals surface area contributed by atoms with Gasteiger partial charge in [-0.05, 0) is 35.4 Å². The van der Waals surface area contributed by atoms with E-state index in [0.29, 0.717) is 19.0 Å². The van der Waals surface area contributed by atoms with Crippen LogP contribution in [0.5, 0.6) is 5.75 Å². The molecule has 0 fully saturated rings. The minimum absolute atomic E-state index is 0.00861. The molecule has 0 atom stereocenters. The Morgan fingerprint density at radius 2 is 2.10 bits per heavy atom. The maximum absolute atomic E-state index is 11.2. The van der Waals surface area contributed by atoms with Crippen molar-refractivity contribution in [2.75, 3.05) is 20.3 Å². The molecule has 0 N–H and O–H groups in total. The molecular formula is C15H21NO4. The number of rotatable bonds is 6. The van der Waals surface area contributed by atoms with Crippen molar-refractivity contribution in [3.8, 4) is 5.75 Å². The monoisotopic (exact) mass is 279 g/mol. The minimum atomic E-state index is -0.361. The molecule has 0 heterocycles. The van der Waals surface area contributed by atoms with Gasteiger partial charge in [0.25, 0.3) is 0 Å². The normalized spacial score (nSPS) is 15.9. The van der Waals surface area contributed by atoms with Crippen LogP contribution in [0.15, 0.2) is 12.1 Å². The molecule has 0 aromatic heterocycles. The molecule has 1 aliphatic rings. The minimum Gasteiger partial charge on any atom is -0.487 e. The van der Waals surface area contributed by atoms with Gasteiger partial charge in [-0.1, -0.05) is 13.8 Å². The van der Waals surface area contributed by atoms with Gasteiger partial charge in [-0.2, -0.15) is 0 Å². The number of methoxy groups -OCH3 is 1. The number of benzene rings is 1. The van der Waals surface area contributed by atoms with Gasteiger partial charge in [-0.15, -0.1) is 0 Å². The summed E-state index contributed by atoms with van der Waals surface area (Å²) in [6.45, 7) is 5.27. The number of nitro benzene ring substituents is 1. The fourth-order valence-electron chi connectivity index (χ4n) is 2.67. The standard InChI is InChI=1S/C15H21NO4/c1-15(2)6-5-11-9-14(20-8-4-7-19-3)13(16(17)18)10-12(11)15/h9-10H,4-8H2,1-3H3. The first-order chi connectivity index (χ1) is 9.45. The Bertz CT molecular complexity index is 511. The van der Waals surface area contributed by atoms with Crippen LogP contribution in [0.1, 0.15) is 37.8 Å². The van der Waals surface area contributed by atoms with Gasteiger partial charge in [0.05, 0.1) is 11.5 Å². The van der Waals surface area contributed by atoms with Gasteiger partial charge in [0.1, 0.15) is 0 Å². The lowest BCUT2D eigenvalue weighted by Crippen LogP contribution is -2.12. The Morgan fingerprint density at radius 1 is 1.35 bits per heavy atom. The van der Waals surface area contributed by atoms with E-state index < -0.39 is 0 Å². The molecule has 0 amide bonds. The van der Waals surface area contributed by atoms with Crippen LogP contribution >= 0.6 is 0 Å². The molecule has 0 aliphatic heterocycles. The van der Waals surface area contributed by atoms with Crippen molar-refractivity contribution >= 4 is 5.69 Å². The second-order valence-electron chi connectivity index (χ2n) is 5.81. The van der Waals surface area contributed by atoms with Crippen molar-refractivity contribution in [3.63, 3.8) is 0 Å². The van der Waals surface area contributed by atoms with E-state index in [1.165, 1.54) is 5.56 Å². The number of hydrogen-bond donors (Lipinski definition) is 0. The first kappa shape index (κ1) is 14.8. The van der Waals surface area contributed by atoms with E-state index in [9.17, 15) is 10.1 Å². The lowest BCUT2D eigenvalue weighted by atomic mass is 9.86. The molecule has 110 valence electrons. The SMILES string of the molecule is COCCCOc1cc2c(cc1[N+](=O)[O-])C(C)(C)CC2. The van der Waals surface area contributed by atoms with Crippen LogP contribution in [0.25, 0.3) is 0 Å². The molecule has 20 heavy (non-hydrogen) atoms. The molecular weight excluding hydrogens is 258 g/mol. The van der Waals surface area contributed by atoms with Gasteiger partial charge in [0.2, 0.25) is 0 Å². The van der Waals surface area contributed by atoms with E-state index >= 15 is 0 Å². The fraction of sp³-hybridized carbons (Fsp3) is 0.600. The highest BCUT2D eigenvalue weighted by Crippen LogP contribution is 2.43. The zero-order chi connectivity index (χ0) is 14.8. The van der Waals surface area contributed by atoms with Crippen molar-refractivity contribution < 1.29 is 14.4 Å². The van der Waals surface area contributed by atoms with Crippen LogP contribution in [-0.2, 0) is 16.6 Å². The van der Waals surface area contributed by atoms with Crippen molar-refractivity contribution in [3.05, 3.63) is 33.4 Å². The van der Waals surface area contributed by atoms with E-state index in [1.54, 1.807) is 13.2 Å². The number of hydrogen-bond acceptors (Lipinski definition) is 4. The third-order valence-electron chi connectivity index (χ3n) is 3.88. The summed E-state index contributed by atoms with van der Waals surface area (Å²) in [4.78, 5) is 10.9. The highest BCUT2D eigenvalue weighted by Gasteiger charge is 2.33. The molecule has 1 aromatic carbocycles. The summed E-state index contributed by atoms with van der Waals surface area (Å²) in [5.41, 5.74) is 2.32. The van der Waals surface area contributed by atoms with Gasteiger partial charge >= 0.3 is 5.69 Å². The summed E-state index contributed by atoms with van der Waals surface area (Å²) in [6.07, 6.45) is 2.69. The Kier molecular flexibility index (Phi) is 4.28. The molecule has 5 heteroatoms. The maximum atomic E-state index is 11.2. The average molecular weight is 279 g/mol. The van der Waals surface area contributed by atoms with Crippen molar-refractivity contribution in [1.82, 2.24) is 0 Å².